The number of carbonyl (C=O) groups is 8. The van der Waals surface area contributed by atoms with Crippen molar-refractivity contribution in [2.45, 2.75) is 40.5 Å². The second-order valence-electron chi connectivity index (χ2n) is 8.61. The Labute approximate surface area is 330 Å². The lowest BCUT2D eigenvalue weighted by molar-refractivity contribution is -0.143. The fourth-order valence-corrected chi connectivity index (χ4v) is 2.36. The van der Waals surface area contributed by atoms with Crippen molar-refractivity contribution in [1.82, 2.24) is 9.97 Å². The zero-order chi connectivity index (χ0) is 40.9. The number of halogens is 2. The van der Waals surface area contributed by atoms with Gasteiger partial charge < -0.3 is 35.1 Å². The number of amides is 1. The highest BCUT2D eigenvalue weighted by Gasteiger charge is 2.04. The van der Waals surface area contributed by atoms with E-state index in [2.05, 4.69) is 60.5 Å². The molecule has 17 nitrogen and oxygen atoms in total. The standard InChI is InChI=1S/C11H12N2O3.2C6H7ClO3.C6H8O4.C5H6N2.2CH4/c1-2-11(15)16-8-6-10(14)13-9-5-3-4-7-12-9;3*1-2-6(9)10-4-3-5(7)8;6-5-3-1-2-4-7-5;;/h2-5,7H,1,6,8H2,(H,12,13,14);2*2H,1,3-4H2;2H,1,3-4H2,(H,7,8);1-4H,(H2,6,7);2*1H4. The molecule has 19 heteroatoms. The number of nitrogens with two attached hydrogens (primary N) is 1. The number of hydrogen-bond acceptors (Lipinski definition) is 15. The Morgan fingerprint density at radius 2 is 0.982 bits per heavy atom. The van der Waals surface area contributed by atoms with Gasteiger partial charge in [0.2, 0.25) is 16.4 Å². The van der Waals surface area contributed by atoms with E-state index in [1.54, 1.807) is 36.7 Å². The first-order valence-electron chi connectivity index (χ1n) is 14.7. The molecule has 304 valence electrons. The van der Waals surface area contributed by atoms with Gasteiger partial charge in [-0.15, -0.1) is 0 Å². The highest BCUT2D eigenvalue weighted by atomic mass is 35.5. The number of aromatic nitrogens is 2. The Morgan fingerprint density at radius 3 is 1.25 bits per heavy atom. The first-order valence-corrected chi connectivity index (χ1v) is 15.5. The molecule has 1 amide bonds. The number of ether oxygens (including phenoxy) is 4. The van der Waals surface area contributed by atoms with Gasteiger partial charge in [0.1, 0.15) is 24.8 Å². The number of nitrogen functional groups attached to an aromatic ring is 1. The SMILES string of the molecule is C.C.C=CC(=O)OCCC(=O)Cl.C=CC(=O)OCCC(=O)Cl.C=CC(=O)OCCC(=O)Nc1ccccn1.C=CC(=O)OCCC(=O)O.Nc1ccccn1. The van der Waals surface area contributed by atoms with E-state index < -0.39 is 40.3 Å². The quantitative estimate of drug-likeness (QED) is 0.0821. The molecule has 0 fully saturated rings. The molecule has 0 aromatic carbocycles. The van der Waals surface area contributed by atoms with Crippen LogP contribution in [0.2, 0.25) is 0 Å². The van der Waals surface area contributed by atoms with Gasteiger partial charge in [-0.2, -0.15) is 0 Å². The Bertz CT molecular complexity index is 1390. The summed E-state index contributed by atoms with van der Waals surface area (Å²) >= 11 is 9.90. The van der Waals surface area contributed by atoms with Gasteiger partial charge in [0.25, 0.3) is 0 Å². The minimum absolute atomic E-state index is 0. The normalized spacial score (nSPS) is 8.40. The Kier molecular flexibility index (Phi) is 42.9. The van der Waals surface area contributed by atoms with Gasteiger partial charge in [-0.05, 0) is 47.5 Å². The number of hydrogen-bond donors (Lipinski definition) is 3. The van der Waals surface area contributed by atoms with Crippen molar-refractivity contribution in [3.05, 3.63) is 99.4 Å². The molecular weight excluding hydrogens is 767 g/mol. The van der Waals surface area contributed by atoms with Crippen LogP contribution in [-0.4, -0.2) is 87.7 Å². The van der Waals surface area contributed by atoms with Crippen molar-refractivity contribution < 1.29 is 62.4 Å². The van der Waals surface area contributed by atoms with Crippen molar-refractivity contribution in [2.24, 2.45) is 0 Å². The van der Waals surface area contributed by atoms with Gasteiger partial charge >= 0.3 is 29.8 Å². The van der Waals surface area contributed by atoms with Crippen LogP contribution in [0.5, 0.6) is 0 Å². The summed E-state index contributed by atoms with van der Waals surface area (Å²) in [6.45, 7) is 12.7. The molecule has 2 heterocycles. The van der Waals surface area contributed by atoms with E-state index in [-0.39, 0.29) is 72.9 Å². The third kappa shape index (κ3) is 47.8. The van der Waals surface area contributed by atoms with E-state index in [4.69, 9.17) is 34.0 Å². The van der Waals surface area contributed by atoms with E-state index in [1.165, 1.54) is 0 Å². The Balaban J connectivity index is -0.000000193. The summed E-state index contributed by atoms with van der Waals surface area (Å²) in [7, 11) is 0. The predicted octanol–water partition coefficient (Wildman–Crippen LogP) is 5.01. The molecule has 2 aromatic heterocycles. The zero-order valence-electron chi connectivity index (χ0n) is 28.5. The van der Waals surface area contributed by atoms with Crippen LogP contribution in [0.4, 0.5) is 11.6 Å². The second kappa shape index (κ2) is 40.6. The molecule has 0 radical (unpaired) electrons. The monoisotopic (exact) mass is 814 g/mol. The van der Waals surface area contributed by atoms with Crippen molar-refractivity contribution in [1.29, 1.82) is 0 Å². The molecule has 0 unspecified atom stereocenters. The molecule has 0 spiro atoms. The molecule has 0 aliphatic carbocycles. The molecule has 0 aliphatic heterocycles. The van der Waals surface area contributed by atoms with Crippen LogP contribution in [0.25, 0.3) is 0 Å². The third-order valence-corrected chi connectivity index (χ3v) is 4.88. The molecule has 0 saturated heterocycles. The van der Waals surface area contributed by atoms with Crippen molar-refractivity contribution in [3.63, 3.8) is 0 Å². The third-order valence-electron chi connectivity index (χ3n) is 4.51. The van der Waals surface area contributed by atoms with Gasteiger partial charge in [-0.1, -0.05) is 53.3 Å². The molecule has 0 aliphatic rings. The molecule has 0 saturated carbocycles. The smallest absolute Gasteiger partial charge is 0.330 e. The van der Waals surface area contributed by atoms with E-state index in [0.717, 1.165) is 24.3 Å². The number of rotatable bonds is 17. The van der Waals surface area contributed by atoms with Crippen molar-refractivity contribution in [2.75, 3.05) is 37.5 Å². The molecule has 4 N–H and O–H groups in total. The molecular formula is C36H48Cl2N4O13. The van der Waals surface area contributed by atoms with Crippen molar-refractivity contribution >= 4 is 81.1 Å². The first-order chi connectivity index (χ1) is 25.1. The fourth-order valence-electron chi connectivity index (χ4n) is 2.20. The number of nitrogens with one attached hydrogen (secondary N) is 1. The lowest BCUT2D eigenvalue weighted by atomic mass is 10.4. The number of nitrogens with zero attached hydrogens (tertiary/aromatic N) is 2. The fraction of sp³-hybridized carbons (Fsp3) is 0.278. The van der Waals surface area contributed by atoms with Crippen LogP contribution in [0.15, 0.2) is 99.4 Å². The van der Waals surface area contributed by atoms with Gasteiger partial charge in [0.05, 0.1) is 38.9 Å². The summed E-state index contributed by atoms with van der Waals surface area (Å²) in [5.41, 5.74) is 5.25. The molecule has 0 bridgehead atoms. The minimum atomic E-state index is -0.989. The molecule has 55 heavy (non-hydrogen) atoms. The van der Waals surface area contributed by atoms with Crippen LogP contribution in [0, 0.1) is 0 Å². The lowest BCUT2D eigenvalue weighted by Crippen LogP contribution is -2.15. The van der Waals surface area contributed by atoms with E-state index >= 15 is 0 Å². The van der Waals surface area contributed by atoms with E-state index in [0.29, 0.717) is 11.6 Å². The summed E-state index contributed by atoms with van der Waals surface area (Å²) in [6.07, 6.45) is 7.34. The summed E-state index contributed by atoms with van der Waals surface area (Å²) in [6, 6.07) is 10.6. The largest absolute Gasteiger partial charge is 0.481 e. The number of carboxylic acids is 1. The van der Waals surface area contributed by atoms with Gasteiger partial charge in [-0.25, -0.2) is 29.1 Å². The van der Waals surface area contributed by atoms with Crippen molar-refractivity contribution in [3.8, 4) is 0 Å². The van der Waals surface area contributed by atoms with Gasteiger partial charge in [0, 0.05) is 36.7 Å². The van der Waals surface area contributed by atoms with Gasteiger partial charge in [0.15, 0.2) is 0 Å². The molecule has 2 aromatic rings. The van der Waals surface area contributed by atoms with E-state index in [9.17, 15) is 38.4 Å². The summed E-state index contributed by atoms with van der Waals surface area (Å²) in [4.78, 5) is 90.5. The maximum atomic E-state index is 11.3. The average molecular weight is 816 g/mol. The predicted molar refractivity (Wildman–Crippen MR) is 207 cm³/mol. The maximum absolute atomic E-state index is 11.3. The second-order valence-corrected chi connectivity index (χ2v) is 9.45. The minimum Gasteiger partial charge on any atom is -0.481 e. The summed E-state index contributed by atoms with van der Waals surface area (Å²) < 4.78 is 17.9. The van der Waals surface area contributed by atoms with E-state index in [1.807, 2.05) is 12.1 Å². The Morgan fingerprint density at radius 1 is 0.618 bits per heavy atom. The highest BCUT2D eigenvalue weighted by Crippen LogP contribution is 2.00. The van der Waals surface area contributed by atoms with Crippen LogP contribution in [0.3, 0.4) is 0 Å². The van der Waals surface area contributed by atoms with Gasteiger partial charge in [-0.3, -0.25) is 19.2 Å². The van der Waals surface area contributed by atoms with Crippen LogP contribution >= 0.6 is 23.2 Å². The highest BCUT2D eigenvalue weighted by molar-refractivity contribution is 6.63. The lowest BCUT2D eigenvalue weighted by Gasteiger charge is -2.03. The van der Waals surface area contributed by atoms with Crippen LogP contribution in [-0.2, 0) is 57.3 Å². The number of anilines is 2. The Hall–Kier alpha value is -6.20. The topological polar surface area (TPSA) is 258 Å². The van der Waals surface area contributed by atoms with Crippen LogP contribution < -0.4 is 11.1 Å². The number of carboxylic acid groups (broad SMARTS) is 1. The number of pyridine rings is 2. The summed E-state index contributed by atoms with van der Waals surface area (Å²) in [5, 5.41) is 9.61. The number of carbonyl (C=O) groups excluding carboxylic acids is 7. The molecule has 2 rings (SSSR count). The first kappa shape index (κ1) is 58.1. The van der Waals surface area contributed by atoms with Crippen LogP contribution in [0.1, 0.15) is 40.5 Å². The maximum Gasteiger partial charge on any atom is 0.330 e. The number of aliphatic carboxylic acids is 1. The molecule has 0 atom stereocenters. The zero-order valence-corrected chi connectivity index (χ0v) is 30.0. The number of esters is 4. The average Bonchev–Trinajstić information content (AvgIpc) is 3.12. The summed E-state index contributed by atoms with van der Waals surface area (Å²) in [5.74, 6) is -2.42.